The Balaban J connectivity index is 0.00000225. The lowest BCUT2D eigenvalue weighted by Gasteiger charge is -2.53. The average Bonchev–Trinajstić information content (AvgIpc) is 2.79. The summed E-state index contributed by atoms with van der Waals surface area (Å²) >= 11 is 0. The highest BCUT2D eigenvalue weighted by Crippen LogP contribution is 2.60. The number of quaternary nitrogens is 1. The number of fused-ring (bicyclic) bond motifs is 3. The van der Waals surface area contributed by atoms with E-state index in [4.69, 9.17) is 0 Å². The Kier molecular flexibility index (Phi) is 6.84. The second kappa shape index (κ2) is 8.31. The molecule has 1 aliphatic carbocycles. The SMILES string of the molecule is CCCCC12CCCCC1(C)c1ccccc1N2CCC[NH+](C)C.[Cl-]. The summed E-state index contributed by atoms with van der Waals surface area (Å²) in [5.74, 6) is 0. The zero-order valence-electron chi connectivity index (χ0n) is 16.7. The second-order valence-electron chi connectivity index (χ2n) is 8.65. The Morgan fingerprint density at radius 1 is 1.08 bits per heavy atom. The van der Waals surface area contributed by atoms with Gasteiger partial charge in [0.25, 0.3) is 0 Å². The Morgan fingerprint density at radius 3 is 2.52 bits per heavy atom. The Morgan fingerprint density at radius 2 is 1.80 bits per heavy atom. The predicted molar refractivity (Wildman–Crippen MR) is 104 cm³/mol. The number of hydrogen-bond donors (Lipinski definition) is 1. The van der Waals surface area contributed by atoms with E-state index in [9.17, 15) is 0 Å². The molecule has 3 heteroatoms. The van der Waals surface area contributed by atoms with Crippen molar-refractivity contribution in [1.29, 1.82) is 0 Å². The van der Waals surface area contributed by atoms with Gasteiger partial charge in [0.05, 0.1) is 20.6 Å². The van der Waals surface area contributed by atoms with Crippen LogP contribution in [-0.4, -0.2) is 32.7 Å². The summed E-state index contributed by atoms with van der Waals surface area (Å²) in [5.41, 5.74) is 3.90. The number of halogens is 1. The van der Waals surface area contributed by atoms with Crippen LogP contribution in [0.3, 0.4) is 0 Å². The van der Waals surface area contributed by atoms with Crippen molar-refractivity contribution in [3.63, 3.8) is 0 Å². The maximum Gasteiger partial charge on any atom is 0.0783 e. The Hall–Kier alpha value is -0.730. The van der Waals surface area contributed by atoms with Crippen LogP contribution in [-0.2, 0) is 5.41 Å². The summed E-state index contributed by atoms with van der Waals surface area (Å²) in [6, 6.07) is 9.33. The number of nitrogens with one attached hydrogen (secondary N) is 1. The molecule has 2 unspecified atom stereocenters. The highest BCUT2D eigenvalue weighted by atomic mass is 35.5. The third kappa shape index (κ3) is 3.45. The van der Waals surface area contributed by atoms with Crippen LogP contribution >= 0.6 is 0 Å². The lowest BCUT2D eigenvalue weighted by Crippen LogP contribution is -3.05. The van der Waals surface area contributed by atoms with Crippen LogP contribution < -0.4 is 22.2 Å². The third-order valence-electron chi connectivity index (χ3n) is 6.85. The van der Waals surface area contributed by atoms with Crippen molar-refractivity contribution in [3.8, 4) is 0 Å². The molecule has 1 fully saturated rings. The summed E-state index contributed by atoms with van der Waals surface area (Å²) in [6.45, 7) is 7.41. The minimum absolute atomic E-state index is 0. The van der Waals surface area contributed by atoms with Gasteiger partial charge in [-0.3, -0.25) is 0 Å². The van der Waals surface area contributed by atoms with Crippen LogP contribution in [0.1, 0.15) is 70.8 Å². The van der Waals surface area contributed by atoms with Gasteiger partial charge in [0, 0.05) is 29.6 Å². The summed E-state index contributed by atoms with van der Waals surface area (Å²) in [6.07, 6.45) is 10.9. The molecule has 0 amide bonds. The molecule has 0 bridgehead atoms. The molecule has 2 aliphatic rings. The molecule has 2 atom stereocenters. The van der Waals surface area contributed by atoms with Crippen molar-refractivity contribution in [2.45, 2.75) is 76.2 Å². The van der Waals surface area contributed by atoms with Crippen molar-refractivity contribution in [1.82, 2.24) is 0 Å². The van der Waals surface area contributed by atoms with E-state index in [1.54, 1.807) is 16.2 Å². The average molecular weight is 365 g/mol. The van der Waals surface area contributed by atoms with Crippen LogP contribution in [0.25, 0.3) is 0 Å². The van der Waals surface area contributed by atoms with E-state index in [-0.39, 0.29) is 12.4 Å². The molecular weight excluding hydrogens is 328 g/mol. The number of rotatable bonds is 7. The van der Waals surface area contributed by atoms with Crippen molar-refractivity contribution < 1.29 is 17.3 Å². The molecule has 1 aromatic carbocycles. The molecule has 3 rings (SSSR count). The lowest BCUT2D eigenvalue weighted by atomic mass is 9.59. The fourth-order valence-electron chi connectivity index (χ4n) is 5.56. The maximum atomic E-state index is 2.86. The molecule has 2 nitrogen and oxygen atoms in total. The largest absolute Gasteiger partial charge is 1.00 e. The number of benzene rings is 1. The van der Waals surface area contributed by atoms with E-state index >= 15 is 0 Å². The summed E-state index contributed by atoms with van der Waals surface area (Å²) in [5, 5.41) is 0. The molecule has 0 spiro atoms. The van der Waals surface area contributed by atoms with Gasteiger partial charge < -0.3 is 22.2 Å². The first kappa shape index (κ1) is 20.6. The highest BCUT2D eigenvalue weighted by Gasteiger charge is 2.58. The number of hydrogen-bond acceptors (Lipinski definition) is 1. The molecule has 1 heterocycles. The predicted octanol–water partition coefficient (Wildman–Crippen LogP) is 0.806. The highest BCUT2D eigenvalue weighted by molar-refractivity contribution is 5.67. The van der Waals surface area contributed by atoms with Gasteiger partial charge in [0.2, 0.25) is 0 Å². The van der Waals surface area contributed by atoms with Gasteiger partial charge >= 0.3 is 0 Å². The molecular formula is C22H37ClN2. The second-order valence-corrected chi connectivity index (χ2v) is 8.65. The van der Waals surface area contributed by atoms with Crippen LogP contribution in [0.15, 0.2) is 24.3 Å². The van der Waals surface area contributed by atoms with Gasteiger partial charge in [-0.25, -0.2) is 0 Å². The minimum atomic E-state index is 0. The molecule has 25 heavy (non-hydrogen) atoms. The minimum Gasteiger partial charge on any atom is -1.00 e. The van der Waals surface area contributed by atoms with E-state index in [1.165, 1.54) is 64.5 Å². The summed E-state index contributed by atoms with van der Waals surface area (Å²) < 4.78 is 0. The van der Waals surface area contributed by atoms with Gasteiger partial charge in [0.15, 0.2) is 0 Å². The Labute approximate surface area is 161 Å². The molecule has 1 N–H and O–H groups in total. The smallest absolute Gasteiger partial charge is 0.0783 e. The first-order valence-corrected chi connectivity index (χ1v) is 10.2. The molecule has 1 saturated carbocycles. The fraction of sp³-hybridized carbons (Fsp3) is 0.727. The zero-order valence-corrected chi connectivity index (χ0v) is 17.5. The molecule has 0 saturated heterocycles. The topological polar surface area (TPSA) is 7.68 Å². The van der Waals surface area contributed by atoms with Crippen LogP contribution in [0.2, 0.25) is 0 Å². The van der Waals surface area contributed by atoms with Gasteiger partial charge in [-0.05, 0) is 30.9 Å². The normalized spacial score (nSPS) is 27.8. The monoisotopic (exact) mass is 364 g/mol. The van der Waals surface area contributed by atoms with Crippen molar-refractivity contribution >= 4 is 5.69 Å². The number of para-hydroxylation sites is 1. The molecule has 0 radical (unpaired) electrons. The first-order chi connectivity index (χ1) is 11.5. The summed E-state index contributed by atoms with van der Waals surface area (Å²) in [7, 11) is 4.55. The molecule has 1 aliphatic heterocycles. The van der Waals surface area contributed by atoms with Gasteiger partial charge in [-0.1, -0.05) is 57.7 Å². The van der Waals surface area contributed by atoms with E-state index in [0.717, 1.165) is 0 Å². The zero-order chi connectivity index (χ0) is 17.2. The van der Waals surface area contributed by atoms with E-state index in [2.05, 4.69) is 57.1 Å². The van der Waals surface area contributed by atoms with E-state index < -0.39 is 0 Å². The number of anilines is 1. The van der Waals surface area contributed by atoms with Crippen molar-refractivity contribution in [2.75, 3.05) is 32.1 Å². The number of unbranched alkanes of at least 4 members (excludes halogenated alkanes) is 1. The van der Waals surface area contributed by atoms with Gasteiger partial charge in [-0.15, -0.1) is 0 Å². The first-order valence-electron chi connectivity index (χ1n) is 10.2. The Bertz CT molecular complexity index is 559. The molecule has 0 aromatic heterocycles. The number of nitrogens with zero attached hydrogens (tertiary/aromatic N) is 1. The van der Waals surface area contributed by atoms with Crippen molar-refractivity contribution in [2.24, 2.45) is 0 Å². The van der Waals surface area contributed by atoms with E-state index in [0.29, 0.717) is 11.0 Å². The van der Waals surface area contributed by atoms with Crippen molar-refractivity contribution in [3.05, 3.63) is 29.8 Å². The molecule has 1 aromatic rings. The third-order valence-corrected chi connectivity index (χ3v) is 6.85. The van der Waals surface area contributed by atoms with Gasteiger partial charge in [0.1, 0.15) is 0 Å². The van der Waals surface area contributed by atoms with Gasteiger partial charge in [-0.2, -0.15) is 0 Å². The van der Waals surface area contributed by atoms with Crippen LogP contribution in [0.5, 0.6) is 0 Å². The van der Waals surface area contributed by atoms with Crippen LogP contribution in [0.4, 0.5) is 5.69 Å². The quantitative estimate of drug-likeness (QED) is 0.752. The van der Waals surface area contributed by atoms with E-state index in [1.807, 2.05) is 0 Å². The standard InChI is InChI=1S/C22H36N2.ClH/c1-5-6-15-22-16-10-9-14-21(22,2)19-12-7-8-13-20(19)24(22)18-11-17-23(3)4;/h7-8,12-13H,5-6,9-11,14-18H2,1-4H3;1H. The van der Waals surface area contributed by atoms with Crippen LogP contribution in [0, 0.1) is 0 Å². The lowest BCUT2D eigenvalue weighted by molar-refractivity contribution is -0.858. The maximum absolute atomic E-state index is 2.86. The summed E-state index contributed by atoms with van der Waals surface area (Å²) in [4.78, 5) is 4.43. The fourth-order valence-corrected chi connectivity index (χ4v) is 5.56. The molecule has 142 valence electrons.